The van der Waals surface area contributed by atoms with Gasteiger partial charge in [0.15, 0.2) is 0 Å². The Kier molecular flexibility index (Phi) is 3.70. The topological polar surface area (TPSA) is 26.0 Å². The molecule has 2 aromatic carbocycles. The maximum atomic E-state index is 13.6. The first-order chi connectivity index (χ1) is 9.30. The van der Waals surface area contributed by atoms with Crippen molar-refractivity contribution < 1.29 is 17.6 Å². The lowest BCUT2D eigenvalue weighted by Crippen LogP contribution is -2.13. The predicted molar refractivity (Wildman–Crippen MR) is 69.8 cm³/mol. The van der Waals surface area contributed by atoms with Crippen LogP contribution < -0.4 is 5.73 Å². The van der Waals surface area contributed by atoms with E-state index in [-0.39, 0.29) is 28.8 Å². The summed E-state index contributed by atoms with van der Waals surface area (Å²) in [6.07, 6.45) is -4.64. The minimum atomic E-state index is -4.51. The van der Waals surface area contributed by atoms with Crippen LogP contribution in [-0.4, -0.2) is 0 Å². The van der Waals surface area contributed by atoms with Gasteiger partial charge in [-0.1, -0.05) is 24.3 Å². The number of rotatable bonds is 2. The molecular weight excluding hydrogens is 270 g/mol. The van der Waals surface area contributed by atoms with Gasteiger partial charge in [0.05, 0.1) is 5.56 Å². The van der Waals surface area contributed by atoms with Crippen molar-refractivity contribution in [2.45, 2.75) is 19.5 Å². The second-order valence-electron chi connectivity index (χ2n) is 4.58. The van der Waals surface area contributed by atoms with E-state index in [2.05, 4.69) is 0 Å². The van der Waals surface area contributed by atoms with Gasteiger partial charge in [0.25, 0.3) is 0 Å². The zero-order chi connectivity index (χ0) is 14.9. The standard InChI is InChI=1S/C15H13F4N/c1-9-13(20)7-6-11(14(9)15(17,18)19)8-10-4-2-3-5-12(10)16/h2-7H,8,20H2,1H3. The van der Waals surface area contributed by atoms with Crippen molar-refractivity contribution in [2.75, 3.05) is 5.73 Å². The first-order valence-corrected chi connectivity index (χ1v) is 5.99. The summed E-state index contributed by atoms with van der Waals surface area (Å²) in [5.74, 6) is -0.518. The average Bonchev–Trinajstić information content (AvgIpc) is 2.35. The lowest BCUT2D eigenvalue weighted by atomic mass is 9.94. The quantitative estimate of drug-likeness (QED) is 0.644. The molecule has 0 aliphatic heterocycles. The SMILES string of the molecule is Cc1c(N)ccc(Cc2ccccc2F)c1C(F)(F)F. The fourth-order valence-corrected chi connectivity index (χ4v) is 2.17. The number of hydrogen-bond donors (Lipinski definition) is 1. The lowest BCUT2D eigenvalue weighted by Gasteiger charge is -2.17. The van der Waals surface area contributed by atoms with Crippen LogP contribution in [0.15, 0.2) is 36.4 Å². The highest BCUT2D eigenvalue weighted by Crippen LogP contribution is 2.37. The van der Waals surface area contributed by atoms with Crippen LogP contribution in [0, 0.1) is 12.7 Å². The molecule has 0 spiro atoms. The van der Waals surface area contributed by atoms with Crippen LogP contribution in [0.5, 0.6) is 0 Å². The number of anilines is 1. The molecule has 106 valence electrons. The fraction of sp³-hybridized carbons (Fsp3) is 0.200. The van der Waals surface area contributed by atoms with Crippen molar-refractivity contribution in [3.05, 3.63) is 64.5 Å². The molecule has 0 saturated heterocycles. The van der Waals surface area contributed by atoms with Gasteiger partial charge in [-0.2, -0.15) is 13.2 Å². The van der Waals surface area contributed by atoms with Crippen molar-refractivity contribution in [1.82, 2.24) is 0 Å². The van der Waals surface area contributed by atoms with Crippen molar-refractivity contribution in [1.29, 1.82) is 0 Å². The molecule has 0 heterocycles. The maximum absolute atomic E-state index is 13.6. The number of hydrogen-bond acceptors (Lipinski definition) is 1. The summed E-state index contributed by atoms with van der Waals surface area (Å²) in [6.45, 7) is 1.32. The summed E-state index contributed by atoms with van der Waals surface area (Å²) in [5, 5.41) is 0. The Balaban J connectivity index is 2.53. The first-order valence-electron chi connectivity index (χ1n) is 5.99. The molecule has 0 amide bonds. The van der Waals surface area contributed by atoms with E-state index >= 15 is 0 Å². The van der Waals surface area contributed by atoms with Crippen LogP contribution in [0.2, 0.25) is 0 Å². The van der Waals surface area contributed by atoms with Gasteiger partial charge >= 0.3 is 6.18 Å². The Morgan fingerprint density at radius 2 is 1.65 bits per heavy atom. The molecule has 2 N–H and O–H groups in total. The molecule has 0 bridgehead atoms. The van der Waals surface area contributed by atoms with Crippen LogP contribution in [0.25, 0.3) is 0 Å². The highest BCUT2D eigenvalue weighted by Gasteiger charge is 2.35. The molecule has 2 rings (SSSR count). The summed E-state index contributed by atoms with van der Waals surface area (Å²) < 4.78 is 53.0. The van der Waals surface area contributed by atoms with Gasteiger partial charge in [-0.3, -0.25) is 0 Å². The number of alkyl halides is 3. The third-order valence-electron chi connectivity index (χ3n) is 3.22. The second kappa shape index (κ2) is 5.15. The van der Waals surface area contributed by atoms with Gasteiger partial charge in [-0.05, 0) is 35.7 Å². The molecule has 0 fully saturated rings. The Labute approximate surface area is 114 Å². The average molecular weight is 283 g/mol. The van der Waals surface area contributed by atoms with E-state index < -0.39 is 17.6 Å². The summed E-state index contributed by atoms with van der Waals surface area (Å²) in [6, 6.07) is 8.51. The summed E-state index contributed by atoms with van der Waals surface area (Å²) in [4.78, 5) is 0. The monoisotopic (exact) mass is 283 g/mol. The fourth-order valence-electron chi connectivity index (χ4n) is 2.17. The Morgan fingerprint density at radius 3 is 2.25 bits per heavy atom. The van der Waals surface area contributed by atoms with E-state index in [0.29, 0.717) is 0 Å². The van der Waals surface area contributed by atoms with Crippen LogP contribution in [0.4, 0.5) is 23.2 Å². The molecule has 0 atom stereocenters. The Morgan fingerprint density at radius 1 is 1.00 bits per heavy atom. The molecule has 1 nitrogen and oxygen atoms in total. The number of benzene rings is 2. The van der Waals surface area contributed by atoms with Gasteiger partial charge in [-0.15, -0.1) is 0 Å². The largest absolute Gasteiger partial charge is 0.417 e. The van der Waals surface area contributed by atoms with Gasteiger partial charge in [0, 0.05) is 12.1 Å². The summed E-state index contributed by atoms with van der Waals surface area (Å²) >= 11 is 0. The highest BCUT2D eigenvalue weighted by atomic mass is 19.4. The zero-order valence-electron chi connectivity index (χ0n) is 10.8. The van der Waals surface area contributed by atoms with E-state index in [1.165, 1.54) is 37.3 Å². The van der Waals surface area contributed by atoms with E-state index in [4.69, 9.17) is 5.73 Å². The molecule has 0 aliphatic carbocycles. The number of halogens is 4. The van der Waals surface area contributed by atoms with Gasteiger partial charge < -0.3 is 5.73 Å². The van der Waals surface area contributed by atoms with Gasteiger partial charge in [0.1, 0.15) is 5.82 Å². The van der Waals surface area contributed by atoms with E-state index in [0.717, 1.165) is 0 Å². The van der Waals surface area contributed by atoms with Crippen LogP contribution in [0.1, 0.15) is 22.3 Å². The summed E-state index contributed by atoms with van der Waals surface area (Å²) in [7, 11) is 0. The lowest BCUT2D eigenvalue weighted by molar-refractivity contribution is -0.138. The predicted octanol–water partition coefficient (Wildman–Crippen LogP) is 4.33. The second-order valence-corrected chi connectivity index (χ2v) is 4.58. The third kappa shape index (κ3) is 2.76. The molecule has 2 aromatic rings. The maximum Gasteiger partial charge on any atom is 0.417 e. The normalized spacial score (nSPS) is 11.7. The Bertz CT molecular complexity index is 632. The summed E-state index contributed by atoms with van der Waals surface area (Å²) in [5.41, 5.74) is 5.06. The van der Waals surface area contributed by atoms with Crippen LogP contribution in [0.3, 0.4) is 0 Å². The first kappa shape index (κ1) is 14.4. The van der Waals surface area contributed by atoms with Crippen molar-refractivity contribution >= 4 is 5.69 Å². The molecule has 0 aromatic heterocycles. The van der Waals surface area contributed by atoms with Crippen molar-refractivity contribution in [3.63, 3.8) is 0 Å². The third-order valence-corrected chi connectivity index (χ3v) is 3.22. The molecular formula is C15H13F4N. The van der Waals surface area contributed by atoms with E-state index in [1.54, 1.807) is 6.07 Å². The van der Waals surface area contributed by atoms with Gasteiger partial charge in [0.2, 0.25) is 0 Å². The molecule has 0 aliphatic rings. The van der Waals surface area contributed by atoms with Crippen LogP contribution >= 0.6 is 0 Å². The molecule has 0 saturated carbocycles. The number of nitrogen functional groups attached to an aromatic ring is 1. The van der Waals surface area contributed by atoms with Crippen molar-refractivity contribution in [2.24, 2.45) is 0 Å². The number of nitrogens with two attached hydrogens (primary N) is 1. The van der Waals surface area contributed by atoms with Crippen LogP contribution in [-0.2, 0) is 12.6 Å². The molecule has 0 radical (unpaired) electrons. The Hall–Kier alpha value is -2.04. The van der Waals surface area contributed by atoms with E-state index in [1.807, 2.05) is 0 Å². The minimum Gasteiger partial charge on any atom is -0.399 e. The minimum absolute atomic E-state index is 0.0219. The molecule has 0 unspecified atom stereocenters. The molecule has 20 heavy (non-hydrogen) atoms. The van der Waals surface area contributed by atoms with Crippen molar-refractivity contribution in [3.8, 4) is 0 Å². The molecule has 5 heteroatoms. The van der Waals surface area contributed by atoms with Gasteiger partial charge in [-0.25, -0.2) is 4.39 Å². The highest BCUT2D eigenvalue weighted by molar-refractivity contribution is 5.55. The zero-order valence-corrected chi connectivity index (χ0v) is 10.8. The smallest absolute Gasteiger partial charge is 0.399 e. The van der Waals surface area contributed by atoms with E-state index in [9.17, 15) is 17.6 Å².